The van der Waals surface area contributed by atoms with Gasteiger partial charge in [0.05, 0.1) is 34.8 Å². The number of hydrogen-bond donors (Lipinski definition) is 4. The van der Waals surface area contributed by atoms with Gasteiger partial charge in [-0.1, -0.05) is 0 Å². The summed E-state index contributed by atoms with van der Waals surface area (Å²) in [5.74, 6) is -0.353. The number of anilines is 3. The molecule has 3 heterocycles. The molecule has 1 aliphatic rings. The van der Waals surface area contributed by atoms with E-state index in [9.17, 15) is 14.9 Å². The minimum Gasteiger partial charge on any atom is -0.380 e. The maximum absolute atomic E-state index is 12.1. The van der Waals surface area contributed by atoms with Crippen LogP contribution in [0.3, 0.4) is 0 Å². The third-order valence-electron chi connectivity index (χ3n) is 5.43. The highest BCUT2D eigenvalue weighted by atomic mass is 16.2. The number of nitriles is 1. The van der Waals surface area contributed by atoms with E-state index in [1.54, 1.807) is 12.1 Å². The number of rotatable bonds is 6. The van der Waals surface area contributed by atoms with Crippen LogP contribution in [0.4, 0.5) is 17.3 Å². The van der Waals surface area contributed by atoms with Crippen LogP contribution >= 0.6 is 0 Å². The van der Waals surface area contributed by atoms with Gasteiger partial charge in [0.25, 0.3) is 5.56 Å². The van der Waals surface area contributed by atoms with Crippen LogP contribution in [0.25, 0.3) is 11.0 Å². The topological polar surface area (TPSA) is 178 Å². The molecule has 164 valence electrons. The Morgan fingerprint density at radius 1 is 1.22 bits per heavy atom. The fourth-order valence-electron chi connectivity index (χ4n) is 3.80. The first-order valence-electron chi connectivity index (χ1n) is 10.3. The Bertz CT molecular complexity index is 1260. The van der Waals surface area contributed by atoms with Gasteiger partial charge in [-0.05, 0) is 37.8 Å². The summed E-state index contributed by atoms with van der Waals surface area (Å²) in [7, 11) is 0. The Hall–Kier alpha value is -4.04. The first kappa shape index (κ1) is 21.2. The highest BCUT2D eigenvalue weighted by Crippen LogP contribution is 2.25. The molecule has 0 radical (unpaired) electrons. The van der Waals surface area contributed by atoms with E-state index in [1.807, 2.05) is 0 Å². The number of carbonyl (C=O) groups is 1. The standard InChI is InChI=1S/C21H23N9O2/c22-8-17-16(27-13-3-1-12(23)2-4-13)7-14(9-25-17)28-21-26-10-18-15(29-21)5-6-20(32)30(18)11-19(24)31/h5-7,9-10,12-13,27H,1-4,11,23H2,(H2,24,31)(H,26,28,29). The van der Waals surface area contributed by atoms with Gasteiger partial charge in [-0.2, -0.15) is 5.26 Å². The smallest absolute Gasteiger partial charge is 0.251 e. The van der Waals surface area contributed by atoms with E-state index >= 15 is 0 Å². The van der Waals surface area contributed by atoms with Gasteiger partial charge in [-0.25, -0.2) is 15.0 Å². The minimum atomic E-state index is -0.634. The molecule has 32 heavy (non-hydrogen) atoms. The van der Waals surface area contributed by atoms with Crippen molar-refractivity contribution in [3.63, 3.8) is 0 Å². The van der Waals surface area contributed by atoms with Gasteiger partial charge in [0.2, 0.25) is 11.9 Å². The summed E-state index contributed by atoms with van der Waals surface area (Å²) in [6.45, 7) is -0.257. The lowest BCUT2D eigenvalue weighted by Crippen LogP contribution is -2.33. The molecule has 0 aliphatic heterocycles. The van der Waals surface area contributed by atoms with Crippen LogP contribution in [0.15, 0.2) is 35.4 Å². The van der Waals surface area contributed by atoms with Gasteiger partial charge in [-0.15, -0.1) is 0 Å². The molecule has 3 aromatic heterocycles. The minimum absolute atomic E-state index is 0.234. The van der Waals surface area contributed by atoms with Crippen molar-refractivity contribution < 1.29 is 4.79 Å². The predicted octanol–water partition coefficient (Wildman–Crippen LogP) is 0.969. The van der Waals surface area contributed by atoms with E-state index in [2.05, 4.69) is 31.7 Å². The molecule has 3 aromatic rings. The monoisotopic (exact) mass is 433 g/mol. The zero-order valence-corrected chi connectivity index (χ0v) is 17.3. The number of nitrogens with one attached hydrogen (secondary N) is 2. The van der Waals surface area contributed by atoms with Crippen LogP contribution in [0.1, 0.15) is 31.4 Å². The molecule has 0 saturated heterocycles. The number of primary amides is 1. The van der Waals surface area contributed by atoms with Gasteiger partial charge in [0, 0.05) is 18.2 Å². The summed E-state index contributed by atoms with van der Waals surface area (Å²) in [6, 6.07) is 7.25. The van der Waals surface area contributed by atoms with E-state index in [0.29, 0.717) is 28.1 Å². The van der Waals surface area contributed by atoms with Crippen molar-refractivity contribution in [3.8, 4) is 6.07 Å². The lowest BCUT2D eigenvalue weighted by molar-refractivity contribution is -0.118. The molecule has 1 amide bonds. The van der Waals surface area contributed by atoms with Crippen LogP contribution in [-0.4, -0.2) is 37.5 Å². The Morgan fingerprint density at radius 3 is 2.72 bits per heavy atom. The van der Waals surface area contributed by atoms with Crippen molar-refractivity contribution in [2.45, 2.75) is 44.3 Å². The van der Waals surface area contributed by atoms with Crippen molar-refractivity contribution >= 4 is 34.3 Å². The third-order valence-corrected chi connectivity index (χ3v) is 5.43. The fraction of sp³-hybridized carbons (Fsp3) is 0.333. The number of aromatic nitrogens is 4. The zero-order valence-electron chi connectivity index (χ0n) is 17.3. The highest BCUT2D eigenvalue weighted by molar-refractivity contribution is 5.79. The number of nitrogens with two attached hydrogens (primary N) is 2. The normalized spacial score (nSPS) is 18.1. The van der Waals surface area contributed by atoms with Crippen molar-refractivity contribution in [2.75, 3.05) is 10.6 Å². The second-order valence-corrected chi connectivity index (χ2v) is 7.80. The second-order valence-electron chi connectivity index (χ2n) is 7.80. The van der Waals surface area contributed by atoms with E-state index in [0.717, 1.165) is 25.7 Å². The summed E-state index contributed by atoms with van der Waals surface area (Å²) < 4.78 is 1.23. The van der Waals surface area contributed by atoms with Gasteiger partial charge in [0.1, 0.15) is 12.6 Å². The van der Waals surface area contributed by atoms with Gasteiger partial charge in [0.15, 0.2) is 5.69 Å². The molecule has 0 unspecified atom stereocenters. The zero-order chi connectivity index (χ0) is 22.7. The van der Waals surface area contributed by atoms with E-state index < -0.39 is 5.91 Å². The Labute approximate surface area is 183 Å². The van der Waals surface area contributed by atoms with Crippen LogP contribution in [-0.2, 0) is 11.3 Å². The van der Waals surface area contributed by atoms with Gasteiger partial charge in [-0.3, -0.25) is 14.2 Å². The molecule has 0 aromatic carbocycles. The molecular weight excluding hydrogens is 410 g/mol. The Kier molecular flexibility index (Phi) is 5.96. The number of hydrogen-bond acceptors (Lipinski definition) is 9. The Morgan fingerprint density at radius 2 is 2.00 bits per heavy atom. The molecular formula is C21H23N9O2. The number of amides is 1. The number of pyridine rings is 2. The molecule has 1 saturated carbocycles. The van der Waals surface area contributed by atoms with Crippen molar-refractivity contribution in [1.82, 2.24) is 19.5 Å². The molecule has 1 fully saturated rings. The SMILES string of the molecule is N#Cc1ncc(Nc2ncc3c(ccc(=O)n3CC(N)=O)n2)cc1NC1CCC(N)CC1. The molecule has 0 atom stereocenters. The van der Waals surface area contributed by atoms with Crippen molar-refractivity contribution in [1.29, 1.82) is 5.26 Å². The predicted molar refractivity (Wildman–Crippen MR) is 119 cm³/mol. The van der Waals surface area contributed by atoms with Crippen LogP contribution in [0.2, 0.25) is 0 Å². The molecule has 4 rings (SSSR count). The van der Waals surface area contributed by atoms with Gasteiger partial charge >= 0.3 is 0 Å². The van der Waals surface area contributed by atoms with Crippen LogP contribution in [0, 0.1) is 11.3 Å². The molecule has 1 aliphatic carbocycles. The first-order chi connectivity index (χ1) is 15.4. The first-order valence-corrected chi connectivity index (χ1v) is 10.3. The summed E-state index contributed by atoms with van der Waals surface area (Å²) in [5, 5.41) is 15.9. The molecule has 6 N–H and O–H groups in total. The van der Waals surface area contributed by atoms with E-state index in [4.69, 9.17) is 11.5 Å². The quantitative estimate of drug-likeness (QED) is 0.441. The maximum Gasteiger partial charge on any atom is 0.251 e. The summed E-state index contributed by atoms with van der Waals surface area (Å²) >= 11 is 0. The van der Waals surface area contributed by atoms with Crippen molar-refractivity contribution in [3.05, 3.63) is 46.6 Å². The van der Waals surface area contributed by atoms with Gasteiger partial charge < -0.3 is 22.1 Å². The Balaban J connectivity index is 1.58. The lowest BCUT2D eigenvalue weighted by Gasteiger charge is -2.27. The number of fused-ring (bicyclic) bond motifs is 1. The molecule has 11 heteroatoms. The largest absolute Gasteiger partial charge is 0.380 e. The van der Waals surface area contributed by atoms with Crippen molar-refractivity contribution in [2.24, 2.45) is 11.5 Å². The van der Waals surface area contributed by atoms with E-state index in [1.165, 1.54) is 23.0 Å². The average Bonchev–Trinajstić information content (AvgIpc) is 2.77. The number of nitrogens with zero attached hydrogens (tertiary/aromatic N) is 5. The summed E-state index contributed by atoms with van der Waals surface area (Å²) in [4.78, 5) is 36.2. The molecule has 0 bridgehead atoms. The second kappa shape index (κ2) is 8.99. The van der Waals surface area contributed by atoms with Crippen LogP contribution in [0.5, 0.6) is 0 Å². The third kappa shape index (κ3) is 4.65. The lowest BCUT2D eigenvalue weighted by atomic mass is 9.91. The average molecular weight is 433 g/mol. The van der Waals surface area contributed by atoms with E-state index in [-0.39, 0.29) is 30.1 Å². The molecule has 0 spiro atoms. The molecule has 11 nitrogen and oxygen atoms in total. The summed E-state index contributed by atoms with van der Waals surface area (Å²) in [6.07, 6.45) is 6.74. The summed E-state index contributed by atoms with van der Waals surface area (Å²) in [5.41, 5.74) is 13.3. The van der Waals surface area contributed by atoms with Crippen LogP contribution < -0.4 is 27.7 Å². The number of carbonyl (C=O) groups excluding carboxylic acids is 1. The maximum atomic E-state index is 12.1. The highest BCUT2D eigenvalue weighted by Gasteiger charge is 2.20. The fourth-order valence-corrected chi connectivity index (χ4v) is 3.80.